The van der Waals surface area contributed by atoms with Crippen LogP contribution in [-0.2, 0) is 4.79 Å². The molecule has 1 saturated heterocycles. The van der Waals surface area contributed by atoms with Gasteiger partial charge in [0.15, 0.2) is 0 Å². The number of β-lactam (4-membered cyclic amide) rings is 1. The van der Waals surface area contributed by atoms with E-state index in [4.69, 9.17) is 9.84 Å². The van der Waals surface area contributed by atoms with Gasteiger partial charge in [-0.25, -0.2) is 4.79 Å². The normalized spacial score (nSPS) is 17.9. The highest BCUT2D eigenvalue weighted by Gasteiger charge is 2.51. The molecule has 2 atom stereocenters. The molecule has 1 amide bonds. The van der Waals surface area contributed by atoms with E-state index >= 15 is 0 Å². The van der Waals surface area contributed by atoms with Gasteiger partial charge in [0.05, 0.1) is 10.5 Å². The molecule has 2 unspecified atom stereocenters. The van der Waals surface area contributed by atoms with Crippen molar-refractivity contribution in [1.82, 2.24) is 0 Å². The van der Waals surface area contributed by atoms with Crippen LogP contribution in [0.1, 0.15) is 22.0 Å². The summed E-state index contributed by atoms with van der Waals surface area (Å²) < 4.78 is 5.90. The number of para-hydroxylation sites is 1. The molecule has 0 radical (unpaired) electrons. The topological polar surface area (TPSA) is 110 Å². The van der Waals surface area contributed by atoms with Crippen LogP contribution in [0.25, 0.3) is 0 Å². The number of anilines is 1. The maximum absolute atomic E-state index is 12.9. The fraction of sp³-hybridized carbons (Fsp3) is 0.0909. The number of hydrogen-bond acceptors (Lipinski definition) is 5. The number of amides is 1. The van der Waals surface area contributed by atoms with Crippen molar-refractivity contribution < 1.29 is 24.4 Å². The van der Waals surface area contributed by atoms with Gasteiger partial charge in [-0.3, -0.25) is 19.8 Å². The molecule has 4 rings (SSSR count). The summed E-state index contributed by atoms with van der Waals surface area (Å²) >= 11 is 0. The summed E-state index contributed by atoms with van der Waals surface area (Å²) in [5.74, 6) is -0.817. The van der Waals surface area contributed by atoms with Gasteiger partial charge in [0.25, 0.3) is 11.6 Å². The number of carbonyl (C=O) groups is 2. The fourth-order valence-corrected chi connectivity index (χ4v) is 3.39. The summed E-state index contributed by atoms with van der Waals surface area (Å²) in [6.07, 6.45) is -0.812. The second-order valence-corrected chi connectivity index (χ2v) is 6.71. The van der Waals surface area contributed by atoms with Gasteiger partial charge in [0.2, 0.25) is 6.10 Å². The summed E-state index contributed by atoms with van der Waals surface area (Å²) in [7, 11) is 0. The predicted octanol–water partition coefficient (Wildman–Crippen LogP) is 3.83. The molecule has 0 saturated carbocycles. The van der Waals surface area contributed by atoms with Crippen molar-refractivity contribution in [3.8, 4) is 5.75 Å². The standard InChI is InChI=1S/C22H16N2O6/c25-21-20(30-18-4-2-1-3-5-18)19(14-6-12-17(13-7-14)24(28)29)23(21)16-10-8-15(9-11-16)22(26)27/h1-13,19-20H,(H,26,27). The highest BCUT2D eigenvalue weighted by Crippen LogP contribution is 2.41. The van der Waals surface area contributed by atoms with E-state index in [9.17, 15) is 19.7 Å². The lowest BCUT2D eigenvalue weighted by Gasteiger charge is -2.46. The third-order valence-corrected chi connectivity index (χ3v) is 4.89. The average Bonchev–Trinajstić information content (AvgIpc) is 2.76. The maximum Gasteiger partial charge on any atom is 0.335 e. The molecule has 0 bridgehead atoms. The first-order valence-corrected chi connectivity index (χ1v) is 9.08. The number of aromatic carboxylic acids is 1. The zero-order valence-corrected chi connectivity index (χ0v) is 15.5. The van der Waals surface area contributed by atoms with Gasteiger partial charge in [0, 0.05) is 17.8 Å². The lowest BCUT2D eigenvalue weighted by Crippen LogP contribution is -2.61. The van der Waals surface area contributed by atoms with Crippen molar-refractivity contribution in [1.29, 1.82) is 0 Å². The Morgan fingerprint density at radius 2 is 1.60 bits per heavy atom. The Bertz CT molecular complexity index is 1100. The Labute approximate surface area is 171 Å². The van der Waals surface area contributed by atoms with Gasteiger partial charge in [0.1, 0.15) is 11.8 Å². The fourth-order valence-electron chi connectivity index (χ4n) is 3.39. The van der Waals surface area contributed by atoms with E-state index in [0.29, 0.717) is 17.0 Å². The third-order valence-electron chi connectivity index (χ3n) is 4.89. The van der Waals surface area contributed by atoms with E-state index in [2.05, 4.69) is 0 Å². The van der Waals surface area contributed by atoms with Crippen molar-refractivity contribution in [3.63, 3.8) is 0 Å². The monoisotopic (exact) mass is 404 g/mol. The molecule has 0 aromatic heterocycles. The highest BCUT2D eigenvalue weighted by atomic mass is 16.6. The zero-order chi connectivity index (χ0) is 21.3. The number of carboxylic acid groups (broad SMARTS) is 1. The minimum atomic E-state index is -1.06. The summed E-state index contributed by atoms with van der Waals surface area (Å²) in [6.45, 7) is 0. The van der Waals surface area contributed by atoms with Gasteiger partial charge >= 0.3 is 5.97 Å². The first kappa shape index (κ1) is 19.1. The second kappa shape index (κ2) is 7.67. The van der Waals surface area contributed by atoms with E-state index in [-0.39, 0.29) is 17.2 Å². The maximum atomic E-state index is 12.9. The van der Waals surface area contributed by atoms with E-state index < -0.39 is 23.0 Å². The number of non-ortho nitro benzene ring substituents is 1. The summed E-state index contributed by atoms with van der Waals surface area (Å²) in [5, 5.41) is 20.1. The first-order chi connectivity index (χ1) is 14.5. The van der Waals surface area contributed by atoms with Crippen LogP contribution in [0.2, 0.25) is 0 Å². The minimum Gasteiger partial charge on any atom is -0.478 e. The smallest absolute Gasteiger partial charge is 0.335 e. The van der Waals surface area contributed by atoms with E-state index in [0.717, 1.165) is 0 Å². The van der Waals surface area contributed by atoms with E-state index in [1.54, 1.807) is 48.5 Å². The molecule has 3 aromatic carbocycles. The lowest BCUT2D eigenvalue weighted by atomic mass is 9.89. The molecule has 30 heavy (non-hydrogen) atoms. The lowest BCUT2D eigenvalue weighted by molar-refractivity contribution is -0.384. The molecule has 0 spiro atoms. The van der Waals surface area contributed by atoms with Crippen molar-refractivity contribution in [2.45, 2.75) is 12.1 Å². The summed E-state index contributed by atoms with van der Waals surface area (Å²) in [4.78, 5) is 36.0. The summed E-state index contributed by atoms with van der Waals surface area (Å²) in [5.41, 5.74) is 1.24. The molecule has 8 nitrogen and oxygen atoms in total. The Kier molecular flexibility index (Phi) is 4.89. The molecule has 0 aliphatic carbocycles. The first-order valence-electron chi connectivity index (χ1n) is 9.08. The van der Waals surface area contributed by atoms with Crippen LogP contribution in [-0.4, -0.2) is 28.0 Å². The van der Waals surface area contributed by atoms with Crippen LogP contribution in [0.5, 0.6) is 5.75 Å². The molecular formula is C22H16N2O6. The molecule has 1 fully saturated rings. The Balaban J connectivity index is 1.68. The van der Waals surface area contributed by atoms with E-state index in [1.807, 2.05) is 6.07 Å². The SMILES string of the molecule is O=C(O)c1ccc(N2C(=O)C(Oc3ccccc3)C2c2ccc([N+](=O)[O-])cc2)cc1. The number of benzene rings is 3. The van der Waals surface area contributed by atoms with Gasteiger partial charge in [-0.15, -0.1) is 0 Å². The number of hydrogen-bond donors (Lipinski definition) is 1. The minimum absolute atomic E-state index is 0.0534. The van der Waals surface area contributed by atoms with Crippen molar-refractivity contribution in [2.75, 3.05) is 4.90 Å². The molecule has 1 N–H and O–H groups in total. The molecule has 1 heterocycles. The van der Waals surface area contributed by atoms with Crippen LogP contribution in [0.4, 0.5) is 11.4 Å². The Morgan fingerprint density at radius 1 is 0.967 bits per heavy atom. The predicted molar refractivity (Wildman–Crippen MR) is 108 cm³/mol. The number of nitro benzene ring substituents is 1. The van der Waals surface area contributed by atoms with Gasteiger partial charge in [-0.2, -0.15) is 0 Å². The number of rotatable bonds is 6. The number of ether oxygens (including phenoxy) is 1. The van der Waals surface area contributed by atoms with Crippen molar-refractivity contribution >= 4 is 23.3 Å². The van der Waals surface area contributed by atoms with Gasteiger partial charge in [-0.1, -0.05) is 18.2 Å². The highest BCUT2D eigenvalue weighted by molar-refractivity contribution is 6.05. The Hall–Kier alpha value is -4.20. The third kappa shape index (κ3) is 3.46. The van der Waals surface area contributed by atoms with Crippen LogP contribution in [0, 0.1) is 10.1 Å². The zero-order valence-electron chi connectivity index (χ0n) is 15.5. The van der Waals surface area contributed by atoms with Crippen molar-refractivity contribution in [2.24, 2.45) is 0 Å². The van der Waals surface area contributed by atoms with E-state index in [1.165, 1.54) is 29.2 Å². The molecule has 1 aliphatic heterocycles. The van der Waals surface area contributed by atoms with Gasteiger partial charge < -0.3 is 9.84 Å². The average molecular weight is 404 g/mol. The van der Waals surface area contributed by atoms with Gasteiger partial charge in [-0.05, 0) is 54.1 Å². The quantitative estimate of drug-likeness (QED) is 0.380. The number of nitrogens with zero attached hydrogens (tertiary/aromatic N) is 2. The van der Waals surface area contributed by atoms with Crippen LogP contribution < -0.4 is 9.64 Å². The van der Waals surface area contributed by atoms with Crippen LogP contribution in [0.15, 0.2) is 78.9 Å². The number of carboxylic acids is 1. The van der Waals surface area contributed by atoms with Crippen LogP contribution in [0.3, 0.4) is 0 Å². The number of nitro groups is 1. The molecule has 1 aliphatic rings. The Morgan fingerprint density at radius 3 is 2.17 bits per heavy atom. The van der Waals surface area contributed by atoms with Crippen LogP contribution >= 0.6 is 0 Å². The molecule has 3 aromatic rings. The molecule has 150 valence electrons. The number of carbonyl (C=O) groups excluding carboxylic acids is 1. The van der Waals surface area contributed by atoms with Crippen molar-refractivity contribution in [3.05, 3.63) is 100 Å². The second-order valence-electron chi connectivity index (χ2n) is 6.71. The summed E-state index contributed by atoms with van der Waals surface area (Å²) in [6, 6.07) is 20.3. The largest absolute Gasteiger partial charge is 0.478 e. The molecular weight excluding hydrogens is 388 g/mol. The molecule has 8 heteroatoms.